The average Bonchev–Trinajstić information content (AvgIpc) is 2.99. The quantitative estimate of drug-likeness (QED) is 0.800. The number of alkyl halides is 1. The summed E-state index contributed by atoms with van der Waals surface area (Å²) in [6.07, 6.45) is 2.79. The van der Waals surface area contributed by atoms with Gasteiger partial charge in [0.25, 0.3) is 0 Å². The Bertz CT molecular complexity index is 603. The molecule has 0 amide bonds. The minimum atomic E-state index is 0.219. The van der Waals surface area contributed by atoms with E-state index in [4.69, 9.17) is 21.1 Å². The Morgan fingerprint density at radius 3 is 3.11 bits per heavy atom. The third-order valence-electron chi connectivity index (χ3n) is 2.77. The smallest absolute Gasteiger partial charge is 0.231 e. The number of aryl methyl sites for hydroxylation is 1. The van der Waals surface area contributed by atoms with Gasteiger partial charge in [-0.2, -0.15) is 0 Å². The first-order chi connectivity index (χ1) is 9.26. The molecule has 0 spiro atoms. The summed E-state index contributed by atoms with van der Waals surface area (Å²) in [5.41, 5.74) is 1.97. The molecule has 2 heterocycles. The molecule has 19 heavy (non-hydrogen) atoms. The summed E-state index contributed by atoms with van der Waals surface area (Å²) in [4.78, 5) is 0. The van der Waals surface area contributed by atoms with Gasteiger partial charge in [-0.1, -0.05) is 32.7 Å². The predicted molar refractivity (Wildman–Crippen MR) is 74.2 cm³/mol. The average molecular weight is 345 g/mol. The minimum Gasteiger partial charge on any atom is -0.454 e. The number of hydrogen-bond donors (Lipinski definition) is 0. The molecule has 5 nitrogen and oxygen atoms in total. The van der Waals surface area contributed by atoms with Crippen LogP contribution in [-0.2, 0) is 13.0 Å². The van der Waals surface area contributed by atoms with E-state index < -0.39 is 0 Å². The molecule has 0 N–H and O–H groups in total. The molecule has 0 saturated heterocycles. The molecule has 1 aliphatic heterocycles. The Hall–Kier alpha value is -1.27. The molecule has 0 atom stereocenters. The van der Waals surface area contributed by atoms with E-state index in [1.165, 1.54) is 0 Å². The fraction of sp³-hybridized carbons (Fsp3) is 0.333. The van der Waals surface area contributed by atoms with E-state index in [1.54, 1.807) is 4.68 Å². The van der Waals surface area contributed by atoms with Crippen LogP contribution in [0.25, 0.3) is 0 Å². The fourth-order valence-electron chi connectivity index (χ4n) is 1.93. The van der Waals surface area contributed by atoms with Crippen molar-refractivity contribution in [2.45, 2.75) is 13.0 Å². The van der Waals surface area contributed by atoms with Crippen molar-refractivity contribution in [3.8, 4) is 11.5 Å². The second kappa shape index (κ2) is 5.38. The number of benzene rings is 1. The van der Waals surface area contributed by atoms with Gasteiger partial charge in [0.1, 0.15) is 0 Å². The molecule has 7 heteroatoms. The highest BCUT2D eigenvalue weighted by Crippen LogP contribution is 2.39. The van der Waals surface area contributed by atoms with Crippen LogP contribution >= 0.6 is 27.5 Å². The first kappa shape index (κ1) is 12.7. The van der Waals surface area contributed by atoms with Crippen LogP contribution < -0.4 is 9.47 Å². The first-order valence-corrected chi connectivity index (χ1v) is 7.29. The highest BCUT2D eigenvalue weighted by Gasteiger charge is 2.18. The van der Waals surface area contributed by atoms with Gasteiger partial charge in [-0.05, 0) is 17.7 Å². The Balaban J connectivity index is 1.81. The van der Waals surface area contributed by atoms with Crippen LogP contribution in [0.15, 0.2) is 18.3 Å². The van der Waals surface area contributed by atoms with Crippen molar-refractivity contribution >= 4 is 27.5 Å². The maximum atomic E-state index is 6.14. The first-order valence-electron chi connectivity index (χ1n) is 5.79. The maximum absolute atomic E-state index is 6.14. The summed E-state index contributed by atoms with van der Waals surface area (Å²) >= 11 is 9.52. The predicted octanol–water partition coefficient (Wildman–Crippen LogP) is 2.65. The summed E-state index contributed by atoms with van der Waals surface area (Å²) in [6, 6.07) is 3.78. The molecule has 3 rings (SSSR count). The van der Waals surface area contributed by atoms with Crippen molar-refractivity contribution in [3.05, 3.63) is 34.6 Å². The number of aromatic nitrogens is 3. The molecular weight excluding hydrogens is 334 g/mol. The van der Waals surface area contributed by atoms with Gasteiger partial charge < -0.3 is 9.47 Å². The van der Waals surface area contributed by atoms with Gasteiger partial charge in [0.2, 0.25) is 6.79 Å². The molecule has 1 aromatic heterocycles. The van der Waals surface area contributed by atoms with E-state index in [1.807, 2.05) is 18.3 Å². The Morgan fingerprint density at radius 2 is 2.26 bits per heavy atom. The standard InChI is InChI=1S/C12H11BrClN3O2/c13-2-1-9-6-17(16-15-9)5-8-3-10(14)12-11(4-8)18-7-19-12/h3-4,6H,1-2,5,7H2. The Kier molecular flexibility index (Phi) is 3.61. The number of ether oxygens (including phenoxy) is 2. The highest BCUT2D eigenvalue weighted by molar-refractivity contribution is 9.09. The van der Waals surface area contributed by atoms with Crippen molar-refractivity contribution < 1.29 is 9.47 Å². The summed E-state index contributed by atoms with van der Waals surface area (Å²) in [7, 11) is 0. The van der Waals surface area contributed by atoms with Crippen LogP contribution in [0.5, 0.6) is 11.5 Å². The van der Waals surface area contributed by atoms with E-state index >= 15 is 0 Å². The maximum Gasteiger partial charge on any atom is 0.231 e. The van der Waals surface area contributed by atoms with E-state index in [0.717, 1.165) is 23.0 Å². The normalized spacial score (nSPS) is 12.9. The van der Waals surface area contributed by atoms with Gasteiger partial charge >= 0.3 is 0 Å². The highest BCUT2D eigenvalue weighted by atomic mass is 79.9. The van der Waals surface area contributed by atoms with E-state index in [2.05, 4.69) is 26.2 Å². The van der Waals surface area contributed by atoms with Crippen molar-refractivity contribution in [1.82, 2.24) is 15.0 Å². The lowest BCUT2D eigenvalue weighted by Crippen LogP contribution is -2.00. The van der Waals surface area contributed by atoms with Gasteiger partial charge in [0, 0.05) is 17.9 Å². The molecule has 1 aliphatic rings. The molecule has 0 aliphatic carbocycles. The summed E-state index contributed by atoms with van der Waals surface area (Å²) < 4.78 is 12.4. The van der Waals surface area contributed by atoms with Crippen LogP contribution in [0.4, 0.5) is 0 Å². The van der Waals surface area contributed by atoms with E-state index in [-0.39, 0.29) is 6.79 Å². The lowest BCUT2D eigenvalue weighted by Gasteiger charge is -2.04. The van der Waals surface area contributed by atoms with Crippen molar-refractivity contribution in [2.24, 2.45) is 0 Å². The third kappa shape index (κ3) is 2.69. The molecular formula is C12H11BrClN3O2. The second-order valence-corrected chi connectivity index (χ2v) is 5.36. The van der Waals surface area contributed by atoms with Gasteiger partial charge in [-0.15, -0.1) is 5.10 Å². The summed E-state index contributed by atoms with van der Waals surface area (Å²) in [5, 5.41) is 9.61. The van der Waals surface area contributed by atoms with Crippen molar-refractivity contribution in [3.63, 3.8) is 0 Å². The summed E-state index contributed by atoms with van der Waals surface area (Å²) in [6.45, 7) is 0.822. The zero-order valence-corrected chi connectivity index (χ0v) is 12.3. The molecule has 0 bridgehead atoms. The van der Waals surface area contributed by atoms with Gasteiger partial charge in [-0.25, -0.2) is 4.68 Å². The van der Waals surface area contributed by atoms with Crippen LogP contribution in [0.2, 0.25) is 5.02 Å². The lowest BCUT2D eigenvalue weighted by molar-refractivity contribution is 0.174. The van der Waals surface area contributed by atoms with Crippen LogP contribution in [0.3, 0.4) is 0 Å². The Labute approximate surface area is 123 Å². The molecule has 2 aromatic rings. The summed E-state index contributed by atoms with van der Waals surface area (Å²) in [5.74, 6) is 1.30. The van der Waals surface area contributed by atoms with Crippen LogP contribution in [0, 0.1) is 0 Å². The van der Waals surface area contributed by atoms with Gasteiger partial charge in [0.15, 0.2) is 11.5 Å². The van der Waals surface area contributed by atoms with E-state index in [0.29, 0.717) is 23.1 Å². The zero-order chi connectivity index (χ0) is 13.2. The number of hydrogen-bond acceptors (Lipinski definition) is 4. The van der Waals surface area contributed by atoms with Gasteiger partial charge in [-0.3, -0.25) is 0 Å². The lowest BCUT2D eigenvalue weighted by atomic mass is 10.2. The molecule has 100 valence electrons. The van der Waals surface area contributed by atoms with Crippen molar-refractivity contribution in [1.29, 1.82) is 0 Å². The second-order valence-electron chi connectivity index (χ2n) is 4.16. The topological polar surface area (TPSA) is 49.2 Å². The SMILES string of the molecule is Clc1cc(Cn2cc(CCBr)nn2)cc2c1OCO2. The molecule has 0 radical (unpaired) electrons. The molecule has 0 saturated carbocycles. The largest absolute Gasteiger partial charge is 0.454 e. The van der Waals surface area contributed by atoms with Crippen LogP contribution in [-0.4, -0.2) is 27.1 Å². The number of nitrogens with zero attached hydrogens (tertiary/aromatic N) is 3. The zero-order valence-electron chi connectivity index (χ0n) is 9.97. The monoisotopic (exact) mass is 343 g/mol. The minimum absolute atomic E-state index is 0.219. The van der Waals surface area contributed by atoms with Gasteiger partial charge in [0.05, 0.1) is 17.3 Å². The Morgan fingerprint density at radius 1 is 1.37 bits per heavy atom. The van der Waals surface area contributed by atoms with Crippen LogP contribution in [0.1, 0.15) is 11.3 Å². The third-order valence-corrected chi connectivity index (χ3v) is 3.45. The molecule has 1 aromatic carbocycles. The number of halogens is 2. The number of fused-ring (bicyclic) bond motifs is 1. The molecule has 0 fully saturated rings. The van der Waals surface area contributed by atoms with Crippen molar-refractivity contribution in [2.75, 3.05) is 12.1 Å². The molecule has 0 unspecified atom stereocenters. The number of rotatable bonds is 4. The van der Waals surface area contributed by atoms with E-state index in [9.17, 15) is 0 Å². The fourth-order valence-corrected chi connectivity index (χ4v) is 2.62.